The van der Waals surface area contributed by atoms with E-state index in [4.69, 9.17) is 0 Å². The van der Waals surface area contributed by atoms with Crippen LogP contribution in [0.1, 0.15) is 49.7 Å². The van der Waals surface area contributed by atoms with E-state index in [1.54, 1.807) is 12.1 Å². The van der Waals surface area contributed by atoms with Crippen molar-refractivity contribution in [1.29, 1.82) is 0 Å². The van der Waals surface area contributed by atoms with E-state index in [1.165, 1.54) is 24.3 Å². The molecular formula is C26H31F4N3O2. The van der Waals surface area contributed by atoms with E-state index in [-0.39, 0.29) is 23.7 Å². The van der Waals surface area contributed by atoms with Gasteiger partial charge in [-0.25, -0.2) is 4.39 Å². The van der Waals surface area contributed by atoms with Crippen molar-refractivity contribution in [1.82, 2.24) is 10.6 Å². The van der Waals surface area contributed by atoms with E-state index in [1.807, 2.05) is 0 Å². The van der Waals surface area contributed by atoms with Crippen LogP contribution in [0, 0.1) is 11.7 Å². The van der Waals surface area contributed by atoms with E-state index >= 15 is 0 Å². The van der Waals surface area contributed by atoms with Gasteiger partial charge in [0.2, 0.25) is 11.8 Å². The molecule has 0 aromatic heterocycles. The third-order valence-corrected chi connectivity index (χ3v) is 6.16. The second kappa shape index (κ2) is 12.6. The van der Waals surface area contributed by atoms with Crippen LogP contribution in [0.4, 0.5) is 23.2 Å². The summed E-state index contributed by atoms with van der Waals surface area (Å²) in [5, 5.41) is 8.63. The highest BCUT2D eigenvalue weighted by Crippen LogP contribution is 2.30. The van der Waals surface area contributed by atoms with Crippen LogP contribution >= 0.6 is 0 Å². The molecule has 0 saturated heterocycles. The first-order valence-electron chi connectivity index (χ1n) is 11.9. The minimum atomic E-state index is -4.49. The van der Waals surface area contributed by atoms with Gasteiger partial charge in [0.15, 0.2) is 0 Å². The number of benzene rings is 2. The molecule has 0 aliphatic heterocycles. The Bertz CT molecular complexity index is 973. The quantitative estimate of drug-likeness (QED) is 0.320. The number of carbonyl (C=O) groups excluding carboxylic acids is 2. The summed E-state index contributed by atoms with van der Waals surface area (Å²) >= 11 is 0. The topological polar surface area (TPSA) is 70.2 Å². The first kappa shape index (κ1) is 26.5. The zero-order chi connectivity index (χ0) is 25.3. The molecule has 1 aliphatic rings. The predicted octanol–water partition coefficient (Wildman–Crippen LogP) is 5.07. The van der Waals surface area contributed by atoms with Crippen molar-refractivity contribution in [3.63, 3.8) is 0 Å². The Kier molecular flexibility index (Phi) is 9.51. The van der Waals surface area contributed by atoms with E-state index in [0.29, 0.717) is 31.1 Å². The van der Waals surface area contributed by atoms with Gasteiger partial charge < -0.3 is 16.0 Å². The molecule has 1 unspecified atom stereocenters. The van der Waals surface area contributed by atoms with Crippen LogP contribution in [0.5, 0.6) is 0 Å². The smallest absolute Gasteiger partial charge is 0.383 e. The van der Waals surface area contributed by atoms with Gasteiger partial charge in [-0.2, -0.15) is 13.2 Å². The van der Waals surface area contributed by atoms with Gasteiger partial charge in [0, 0.05) is 18.8 Å². The largest absolute Gasteiger partial charge is 0.416 e. The average molecular weight is 494 g/mol. The second-order valence-corrected chi connectivity index (χ2v) is 8.96. The lowest BCUT2D eigenvalue weighted by atomic mass is 9.84. The van der Waals surface area contributed by atoms with E-state index in [0.717, 1.165) is 44.2 Å². The molecule has 1 atom stereocenters. The maximum Gasteiger partial charge on any atom is 0.416 e. The Labute approximate surface area is 202 Å². The summed E-state index contributed by atoms with van der Waals surface area (Å²) in [6.07, 6.45) is 1.05. The first-order chi connectivity index (χ1) is 16.7. The van der Waals surface area contributed by atoms with E-state index < -0.39 is 23.7 Å². The van der Waals surface area contributed by atoms with Gasteiger partial charge in [-0.1, -0.05) is 50.3 Å². The molecule has 1 fully saturated rings. The molecule has 0 spiro atoms. The highest BCUT2D eigenvalue weighted by Gasteiger charge is 2.31. The second-order valence-electron chi connectivity index (χ2n) is 8.96. The Balaban J connectivity index is 1.56. The minimum absolute atomic E-state index is 0.234. The molecule has 0 heterocycles. The van der Waals surface area contributed by atoms with Crippen LogP contribution in [-0.4, -0.2) is 30.9 Å². The molecule has 35 heavy (non-hydrogen) atoms. The summed E-state index contributed by atoms with van der Waals surface area (Å²) in [5.74, 6) is -0.848. The number of rotatable bonds is 10. The molecule has 2 amide bonds. The van der Waals surface area contributed by atoms with Gasteiger partial charge in [0.1, 0.15) is 11.9 Å². The number of anilines is 1. The first-order valence-corrected chi connectivity index (χ1v) is 11.9. The van der Waals surface area contributed by atoms with Crippen LogP contribution < -0.4 is 16.0 Å². The molecule has 2 aromatic rings. The number of alkyl halides is 3. The summed E-state index contributed by atoms with van der Waals surface area (Å²) in [7, 11) is 0. The summed E-state index contributed by atoms with van der Waals surface area (Å²) < 4.78 is 51.9. The van der Waals surface area contributed by atoms with Gasteiger partial charge in [-0.05, 0) is 48.2 Å². The van der Waals surface area contributed by atoms with Crippen molar-refractivity contribution in [2.75, 3.05) is 18.4 Å². The maximum absolute atomic E-state index is 13.0. The molecule has 2 aromatic carbocycles. The summed E-state index contributed by atoms with van der Waals surface area (Å²) in [6, 6.07) is 9.74. The highest BCUT2D eigenvalue weighted by molar-refractivity contribution is 5.88. The van der Waals surface area contributed by atoms with Gasteiger partial charge in [0.05, 0.1) is 12.0 Å². The molecule has 0 bridgehead atoms. The number of halogens is 4. The zero-order valence-corrected chi connectivity index (χ0v) is 19.5. The van der Waals surface area contributed by atoms with Crippen LogP contribution in [-0.2, 0) is 22.2 Å². The zero-order valence-electron chi connectivity index (χ0n) is 19.5. The standard InChI is InChI=1S/C26H31F4N3O2/c27-21-9-11-22(12-10-21)31-13-14-32-25(35)23(16-18-5-2-1-3-6-18)33-24(34)17-19-7-4-8-20(15-19)26(28,29)30/h4,7-12,15,18,23,31H,1-3,5-6,13-14,16-17H2,(H,32,35)(H,33,34). The Morgan fingerprint density at radius 1 is 0.971 bits per heavy atom. The minimum Gasteiger partial charge on any atom is -0.383 e. The maximum atomic E-state index is 13.0. The number of hydrogen-bond donors (Lipinski definition) is 3. The van der Waals surface area contributed by atoms with Crippen molar-refractivity contribution in [3.8, 4) is 0 Å². The fourth-order valence-electron chi connectivity index (χ4n) is 4.36. The summed E-state index contributed by atoms with van der Waals surface area (Å²) in [4.78, 5) is 25.6. The Hall–Kier alpha value is -3.10. The molecule has 1 aliphatic carbocycles. The number of carbonyl (C=O) groups is 2. The predicted molar refractivity (Wildman–Crippen MR) is 126 cm³/mol. The normalized spacial score (nSPS) is 15.3. The lowest BCUT2D eigenvalue weighted by Gasteiger charge is -2.26. The molecule has 3 N–H and O–H groups in total. The Morgan fingerprint density at radius 2 is 1.69 bits per heavy atom. The van der Waals surface area contributed by atoms with Gasteiger partial charge in [-0.15, -0.1) is 0 Å². The molecule has 190 valence electrons. The van der Waals surface area contributed by atoms with Gasteiger partial charge in [0.25, 0.3) is 0 Å². The van der Waals surface area contributed by atoms with Gasteiger partial charge >= 0.3 is 6.18 Å². The third-order valence-electron chi connectivity index (χ3n) is 6.16. The lowest BCUT2D eigenvalue weighted by Crippen LogP contribution is -2.49. The Morgan fingerprint density at radius 3 is 2.37 bits per heavy atom. The van der Waals surface area contributed by atoms with Crippen LogP contribution in [0.2, 0.25) is 0 Å². The molecular weight excluding hydrogens is 462 g/mol. The lowest BCUT2D eigenvalue weighted by molar-refractivity contribution is -0.137. The van der Waals surface area contributed by atoms with Crippen LogP contribution in [0.3, 0.4) is 0 Å². The van der Waals surface area contributed by atoms with Crippen molar-refractivity contribution < 1.29 is 27.2 Å². The van der Waals surface area contributed by atoms with Crippen LogP contribution in [0.15, 0.2) is 48.5 Å². The third kappa shape index (κ3) is 8.88. The molecule has 3 rings (SSSR count). The van der Waals surface area contributed by atoms with E-state index in [2.05, 4.69) is 16.0 Å². The monoisotopic (exact) mass is 493 g/mol. The highest BCUT2D eigenvalue weighted by atomic mass is 19.4. The number of nitrogens with one attached hydrogen (secondary N) is 3. The number of amides is 2. The SMILES string of the molecule is O=C(Cc1cccc(C(F)(F)F)c1)NC(CC1CCCCC1)C(=O)NCCNc1ccc(F)cc1. The van der Waals surface area contributed by atoms with Crippen molar-refractivity contribution in [2.45, 2.75) is 57.2 Å². The number of hydrogen-bond acceptors (Lipinski definition) is 3. The summed E-state index contributed by atoms with van der Waals surface area (Å²) in [6.45, 7) is 0.701. The average Bonchev–Trinajstić information content (AvgIpc) is 2.82. The molecule has 1 saturated carbocycles. The molecule has 0 radical (unpaired) electrons. The fraction of sp³-hybridized carbons (Fsp3) is 0.462. The van der Waals surface area contributed by atoms with Crippen molar-refractivity contribution >= 4 is 17.5 Å². The van der Waals surface area contributed by atoms with Crippen molar-refractivity contribution in [3.05, 3.63) is 65.5 Å². The van der Waals surface area contributed by atoms with E-state index in [9.17, 15) is 27.2 Å². The van der Waals surface area contributed by atoms with Gasteiger partial charge in [-0.3, -0.25) is 9.59 Å². The molecule has 5 nitrogen and oxygen atoms in total. The van der Waals surface area contributed by atoms with Crippen molar-refractivity contribution in [2.24, 2.45) is 5.92 Å². The van der Waals surface area contributed by atoms with Crippen LogP contribution in [0.25, 0.3) is 0 Å². The summed E-state index contributed by atoms with van der Waals surface area (Å²) in [5.41, 5.74) is 0.138. The molecule has 9 heteroatoms. The fourth-order valence-corrected chi connectivity index (χ4v) is 4.36.